The van der Waals surface area contributed by atoms with Crippen molar-refractivity contribution in [3.05, 3.63) is 48.3 Å². The van der Waals surface area contributed by atoms with Crippen molar-refractivity contribution in [2.75, 3.05) is 0 Å². The van der Waals surface area contributed by atoms with Crippen molar-refractivity contribution in [3.8, 4) is 5.75 Å². The first-order chi connectivity index (χ1) is 8.97. The van der Waals surface area contributed by atoms with Crippen LogP contribution >= 0.6 is 0 Å². The molecule has 1 N–H and O–H groups in total. The summed E-state index contributed by atoms with van der Waals surface area (Å²) in [6, 6.07) is 9.01. The van der Waals surface area contributed by atoms with Gasteiger partial charge in [0.2, 0.25) is 0 Å². The number of aromatic nitrogens is 1. The third-order valence-corrected chi connectivity index (χ3v) is 2.76. The molecule has 1 aromatic heterocycles. The van der Waals surface area contributed by atoms with Gasteiger partial charge >= 0.3 is 0 Å². The van der Waals surface area contributed by atoms with Crippen LogP contribution in [0.3, 0.4) is 0 Å². The smallest absolute Gasteiger partial charge is 0.143 e. The third-order valence-electron chi connectivity index (χ3n) is 2.76. The Morgan fingerprint density at radius 3 is 2.53 bits per heavy atom. The molecule has 0 spiro atoms. The normalized spacial score (nSPS) is 11.9. The fourth-order valence-corrected chi connectivity index (χ4v) is 1.59. The minimum Gasteiger partial charge on any atom is -0.506 e. The van der Waals surface area contributed by atoms with Crippen molar-refractivity contribution in [3.63, 3.8) is 0 Å². The summed E-state index contributed by atoms with van der Waals surface area (Å²) >= 11 is 0. The number of azo groups is 1. The van der Waals surface area contributed by atoms with Crippen molar-refractivity contribution in [2.24, 2.45) is 10.2 Å². The second kappa shape index (κ2) is 5.18. The zero-order chi connectivity index (χ0) is 13.9. The third kappa shape index (κ3) is 3.37. The summed E-state index contributed by atoms with van der Waals surface area (Å²) in [6.45, 7) is 6.34. The molecule has 0 aliphatic heterocycles. The van der Waals surface area contributed by atoms with Gasteiger partial charge in [-0.1, -0.05) is 26.8 Å². The van der Waals surface area contributed by atoms with E-state index in [0.29, 0.717) is 11.4 Å². The van der Waals surface area contributed by atoms with Gasteiger partial charge in [-0.2, -0.15) is 0 Å². The summed E-state index contributed by atoms with van der Waals surface area (Å²) < 4.78 is 0. The fraction of sp³-hybridized carbons (Fsp3) is 0.267. The number of rotatable bonds is 2. The van der Waals surface area contributed by atoms with E-state index in [9.17, 15) is 5.11 Å². The molecule has 0 fully saturated rings. The maximum atomic E-state index is 9.81. The maximum absolute atomic E-state index is 9.81. The standard InChI is InChI=1S/C15H17N3O/c1-15(2,3)11-6-7-14(19)13(9-11)18-17-12-5-4-8-16-10-12/h4-10,19H,1-3H3. The highest BCUT2D eigenvalue weighted by Crippen LogP contribution is 2.33. The van der Waals surface area contributed by atoms with Gasteiger partial charge in [-0.15, -0.1) is 10.2 Å². The van der Waals surface area contributed by atoms with Gasteiger partial charge in [-0.25, -0.2) is 0 Å². The summed E-state index contributed by atoms with van der Waals surface area (Å²) in [6.07, 6.45) is 3.30. The topological polar surface area (TPSA) is 57.8 Å². The van der Waals surface area contributed by atoms with E-state index < -0.39 is 0 Å². The Labute approximate surface area is 112 Å². The number of phenols is 1. The lowest BCUT2D eigenvalue weighted by Gasteiger charge is -2.19. The number of aromatic hydroxyl groups is 1. The molecule has 2 rings (SSSR count). The largest absolute Gasteiger partial charge is 0.506 e. The lowest BCUT2D eigenvalue weighted by molar-refractivity contribution is 0.475. The van der Waals surface area contributed by atoms with Crippen LogP contribution in [-0.2, 0) is 5.41 Å². The maximum Gasteiger partial charge on any atom is 0.143 e. The highest BCUT2D eigenvalue weighted by atomic mass is 16.3. The van der Waals surface area contributed by atoms with Crippen LogP contribution in [0.25, 0.3) is 0 Å². The lowest BCUT2D eigenvalue weighted by atomic mass is 9.87. The SMILES string of the molecule is CC(C)(C)c1ccc(O)c(N=Nc2cccnc2)c1. The van der Waals surface area contributed by atoms with E-state index in [-0.39, 0.29) is 11.2 Å². The predicted octanol–water partition coefficient (Wildman–Crippen LogP) is 4.50. The monoisotopic (exact) mass is 255 g/mol. The summed E-state index contributed by atoms with van der Waals surface area (Å²) in [4.78, 5) is 3.96. The molecule has 1 aromatic carbocycles. The van der Waals surface area contributed by atoms with E-state index in [4.69, 9.17) is 0 Å². The summed E-state index contributed by atoms with van der Waals surface area (Å²) in [5.41, 5.74) is 2.23. The van der Waals surface area contributed by atoms with Crippen LogP contribution in [0.2, 0.25) is 0 Å². The molecular formula is C15H17N3O. The van der Waals surface area contributed by atoms with Gasteiger partial charge in [-0.3, -0.25) is 4.98 Å². The molecule has 0 saturated heterocycles. The van der Waals surface area contributed by atoms with Gasteiger partial charge in [-0.05, 0) is 35.2 Å². The van der Waals surface area contributed by atoms with Gasteiger partial charge in [0.25, 0.3) is 0 Å². The van der Waals surface area contributed by atoms with E-state index in [2.05, 4.69) is 36.0 Å². The predicted molar refractivity (Wildman–Crippen MR) is 75.2 cm³/mol. The Kier molecular flexibility index (Phi) is 3.60. The van der Waals surface area contributed by atoms with Crippen LogP contribution in [-0.4, -0.2) is 10.1 Å². The van der Waals surface area contributed by atoms with Crippen LogP contribution in [0.4, 0.5) is 11.4 Å². The molecule has 2 aromatic rings. The van der Waals surface area contributed by atoms with E-state index in [1.165, 1.54) is 0 Å². The number of hydrogen-bond donors (Lipinski definition) is 1. The molecule has 0 aliphatic carbocycles. The first-order valence-electron chi connectivity index (χ1n) is 6.12. The molecular weight excluding hydrogens is 238 g/mol. The highest BCUT2D eigenvalue weighted by Gasteiger charge is 2.15. The molecule has 4 nitrogen and oxygen atoms in total. The van der Waals surface area contributed by atoms with Crippen molar-refractivity contribution in [1.82, 2.24) is 4.98 Å². The zero-order valence-corrected chi connectivity index (χ0v) is 11.3. The van der Waals surface area contributed by atoms with Gasteiger partial charge in [0.05, 0.1) is 6.20 Å². The second-order valence-corrected chi connectivity index (χ2v) is 5.36. The lowest BCUT2D eigenvalue weighted by Crippen LogP contribution is -2.10. The van der Waals surface area contributed by atoms with E-state index in [0.717, 1.165) is 5.56 Å². The molecule has 19 heavy (non-hydrogen) atoms. The molecule has 1 heterocycles. The number of hydrogen-bond acceptors (Lipinski definition) is 4. The summed E-state index contributed by atoms with van der Waals surface area (Å²) in [7, 11) is 0. The van der Waals surface area contributed by atoms with E-state index in [1.807, 2.05) is 12.1 Å². The van der Waals surface area contributed by atoms with Gasteiger partial charge in [0.15, 0.2) is 0 Å². The fourth-order valence-electron chi connectivity index (χ4n) is 1.59. The summed E-state index contributed by atoms with van der Waals surface area (Å²) in [5.74, 6) is 0.126. The molecule has 0 amide bonds. The molecule has 0 saturated carbocycles. The Bertz CT molecular complexity index is 586. The Hall–Kier alpha value is -2.23. The van der Waals surface area contributed by atoms with Crippen molar-refractivity contribution >= 4 is 11.4 Å². The highest BCUT2D eigenvalue weighted by molar-refractivity contribution is 5.53. The average Bonchev–Trinajstić information content (AvgIpc) is 2.37. The first kappa shape index (κ1) is 13.2. The van der Waals surface area contributed by atoms with Gasteiger partial charge in [0, 0.05) is 6.20 Å². The molecule has 0 unspecified atom stereocenters. The average molecular weight is 255 g/mol. The Morgan fingerprint density at radius 2 is 1.89 bits per heavy atom. The first-order valence-corrected chi connectivity index (χ1v) is 6.12. The number of nitrogens with zero attached hydrogens (tertiary/aromatic N) is 3. The van der Waals surface area contributed by atoms with Gasteiger partial charge < -0.3 is 5.11 Å². The number of phenolic OH excluding ortho intramolecular Hbond substituents is 1. The molecule has 0 atom stereocenters. The van der Waals surface area contributed by atoms with Crippen molar-refractivity contribution in [1.29, 1.82) is 0 Å². The van der Waals surface area contributed by atoms with Crippen LogP contribution in [0.15, 0.2) is 53.0 Å². The Balaban J connectivity index is 2.32. The zero-order valence-electron chi connectivity index (χ0n) is 11.3. The molecule has 0 bridgehead atoms. The van der Waals surface area contributed by atoms with E-state index in [1.54, 1.807) is 30.6 Å². The van der Waals surface area contributed by atoms with Crippen LogP contribution in [0, 0.1) is 0 Å². The van der Waals surface area contributed by atoms with E-state index >= 15 is 0 Å². The van der Waals surface area contributed by atoms with Crippen LogP contribution < -0.4 is 0 Å². The molecule has 4 heteroatoms. The van der Waals surface area contributed by atoms with Crippen molar-refractivity contribution in [2.45, 2.75) is 26.2 Å². The van der Waals surface area contributed by atoms with Crippen molar-refractivity contribution < 1.29 is 5.11 Å². The minimum atomic E-state index is 0.00622. The van der Waals surface area contributed by atoms with Crippen LogP contribution in [0.1, 0.15) is 26.3 Å². The molecule has 0 aliphatic rings. The number of pyridine rings is 1. The van der Waals surface area contributed by atoms with Gasteiger partial charge in [0.1, 0.15) is 17.1 Å². The molecule has 0 radical (unpaired) electrons. The molecule has 98 valence electrons. The Morgan fingerprint density at radius 1 is 1.11 bits per heavy atom. The minimum absolute atomic E-state index is 0.00622. The van der Waals surface area contributed by atoms with Crippen LogP contribution in [0.5, 0.6) is 5.75 Å². The second-order valence-electron chi connectivity index (χ2n) is 5.36. The quantitative estimate of drug-likeness (QED) is 0.803. The summed E-state index contributed by atoms with van der Waals surface area (Å²) in [5, 5.41) is 18.0. The number of benzene rings is 1.